The van der Waals surface area contributed by atoms with Crippen LogP contribution in [-0.4, -0.2) is 70.2 Å². The predicted molar refractivity (Wildman–Crippen MR) is 157 cm³/mol. The Morgan fingerprint density at radius 1 is 1.05 bits per heavy atom. The number of ether oxygens (including phenoxy) is 1. The Labute approximate surface area is 235 Å². The first-order valence-electron chi connectivity index (χ1n) is 13.8. The van der Waals surface area contributed by atoms with Crippen LogP contribution >= 0.6 is 0 Å². The number of benzene rings is 3. The van der Waals surface area contributed by atoms with E-state index in [9.17, 15) is 14.7 Å². The topological polar surface area (TPSA) is 75.0 Å². The van der Waals surface area contributed by atoms with Gasteiger partial charge >= 0.3 is 0 Å². The number of aromatic nitrogens is 1. The van der Waals surface area contributed by atoms with E-state index in [-0.39, 0.29) is 30.4 Å². The van der Waals surface area contributed by atoms with Gasteiger partial charge in [-0.3, -0.25) is 9.59 Å². The summed E-state index contributed by atoms with van der Waals surface area (Å²) in [5.74, 6) is -0.333. The van der Waals surface area contributed by atoms with Crippen molar-refractivity contribution in [2.75, 3.05) is 26.7 Å². The third-order valence-corrected chi connectivity index (χ3v) is 8.05. The van der Waals surface area contributed by atoms with Gasteiger partial charge in [0.2, 0.25) is 0 Å². The van der Waals surface area contributed by atoms with Crippen molar-refractivity contribution in [1.82, 2.24) is 14.4 Å². The summed E-state index contributed by atoms with van der Waals surface area (Å²) in [6, 6.07) is 24.9. The summed E-state index contributed by atoms with van der Waals surface area (Å²) >= 11 is 0. The van der Waals surface area contributed by atoms with Gasteiger partial charge < -0.3 is 24.2 Å². The van der Waals surface area contributed by atoms with E-state index in [0.717, 1.165) is 27.6 Å². The van der Waals surface area contributed by atoms with Gasteiger partial charge in [0.05, 0.1) is 25.4 Å². The number of aryl methyl sites for hydroxylation is 1. The number of para-hydroxylation sites is 1. The molecule has 1 aliphatic rings. The molecule has 7 heteroatoms. The summed E-state index contributed by atoms with van der Waals surface area (Å²) in [5.41, 5.74) is 4.98. The lowest BCUT2D eigenvalue weighted by molar-refractivity contribution is -0.0210. The standard InChI is InChI=1S/C33H37N3O4/c1-22-18-36(23(2)20-37)33(39)31-30(27-16-10-11-17-28(27)35(31)4)26-15-9-8-14-25(26)21-40-29(22)19-34(3)32(38)24-12-6-5-7-13-24/h5-17,22-23,29,37H,18-21H2,1-4H3/t22-,23-,29-/m1/s1. The number of hydrogen-bond acceptors (Lipinski definition) is 4. The van der Waals surface area contributed by atoms with Gasteiger partial charge in [-0.25, -0.2) is 0 Å². The third-order valence-electron chi connectivity index (χ3n) is 8.05. The van der Waals surface area contributed by atoms with Crippen molar-refractivity contribution in [3.05, 3.63) is 95.7 Å². The maximum atomic E-state index is 14.4. The molecule has 1 aromatic heterocycles. The van der Waals surface area contributed by atoms with Crippen LogP contribution in [0.5, 0.6) is 0 Å². The van der Waals surface area contributed by atoms with Crippen molar-refractivity contribution in [2.24, 2.45) is 13.0 Å². The predicted octanol–water partition coefficient (Wildman–Crippen LogP) is 4.98. The van der Waals surface area contributed by atoms with Crippen molar-refractivity contribution < 1.29 is 19.4 Å². The molecule has 0 radical (unpaired) electrons. The quantitative estimate of drug-likeness (QED) is 0.388. The van der Waals surface area contributed by atoms with E-state index in [4.69, 9.17) is 4.74 Å². The summed E-state index contributed by atoms with van der Waals surface area (Å²) in [6.45, 7) is 4.82. The second-order valence-corrected chi connectivity index (χ2v) is 10.8. The molecule has 0 bridgehead atoms. The van der Waals surface area contributed by atoms with Crippen LogP contribution in [0.1, 0.15) is 40.3 Å². The summed E-state index contributed by atoms with van der Waals surface area (Å²) in [4.78, 5) is 31.0. The average Bonchev–Trinajstić information content (AvgIpc) is 3.28. The lowest BCUT2D eigenvalue weighted by Crippen LogP contribution is -2.48. The lowest BCUT2D eigenvalue weighted by Gasteiger charge is -2.35. The molecule has 0 fully saturated rings. The zero-order chi connectivity index (χ0) is 28.4. The van der Waals surface area contributed by atoms with Gasteiger partial charge in [0, 0.05) is 55.1 Å². The Bertz CT molecular complexity index is 1510. The molecular weight excluding hydrogens is 502 g/mol. The molecule has 2 amide bonds. The molecule has 0 spiro atoms. The van der Waals surface area contributed by atoms with E-state index < -0.39 is 6.04 Å². The van der Waals surface area contributed by atoms with Gasteiger partial charge in [0.15, 0.2) is 0 Å². The minimum Gasteiger partial charge on any atom is -0.394 e. The number of hydrogen-bond donors (Lipinski definition) is 1. The molecule has 1 N–H and O–H groups in total. The molecule has 208 valence electrons. The van der Waals surface area contributed by atoms with Crippen molar-refractivity contribution in [3.63, 3.8) is 0 Å². The van der Waals surface area contributed by atoms with Gasteiger partial charge in [0.1, 0.15) is 5.69 Å². The molecule has 1 aliphatic heterocycles. The van der Waals surface area contributed by atoms with E-state index >= 15 is 0 Å². The van der Waals surface area contributed by atoms with E-state index in [1.165, 1.54) is 0 Å². The van der Waals surface area contributed by atoms with Crippen molar-refractivity contribution in [3.8, 4) is 11.1 Å². The molecule has 0 unspecified atom stereocenters. The van der Waals surface area contributed by atoms with Gasteiger partial charge in [-0.1, -0.05) is 67.6 Å². The number of fused-ring (bicyclic) bond motifs is 5. The number of aliphatic hydroxyl groups is 1. The average molecular weight is 540 g/mol. The van der Waals surface area contributed by atoms with E-state index in [1.807, 2.05) is 104 Å². The molecule has 3 aromatic carbocycles. The highest BCUT2D eigenvalue weighted by atomic mass is 16.5. The SMILES string of the molecule is C[C@@H]1CN([C@H](C)CO)C(=O)c2c(c3ccccc3n2C)-c2ccccc2CO[C@@H]1CN(C)C(=O)c1ccccc1. The number of carbonyl (C=O) groups excluding carboxylic acids is 2. The number of amides is 2. The zero-order valence-corrected chi connectivity index (χ0v) is 23.6. The molecule has 0 saturated heterocycles. The number of rotatable bonds is 5. The highest BCUT2D eigenvalue weighted by molar-refractivity contribution is 6.10. The second-order valence-electron chi connectivity index (χ2n) is 10.8. The number of likely N-dealkylation sites (N-methyl/N-ethyl adjacent to an activating group) is 1. The van der Waals surface area contributed by atoms with E-state index in [0.29, 0.717) is 31.0 Å². The largest absolute Gasteiger partial charge is 0.394 e. The van der Waals surface area contributed by atoms with Crippen molar-refractivity contribution in [2.45, 2.75) is 32.6 Å². The Hall–Kier alpha value is -3.94. The Balaban J connectivity index is 1.60. The van der Waals surface area contributed by atoms with Crippen molar-refractivity contribution >= 4 is 22.7 Å². The highest BCUT2D eigenvalue weighted by Crippen LogP contribution is 2.38. The molecule has 0 aliphatic carbocycles. The van der Waals surface area contributed by atoms with Crippen LogP contribution in [-0.2, 0) is 18.4 Å². The number of carbonyl (C=O) groups is 2. The second kappa shape index (κ2) is 11.7. The molecule has 5 rings (SSSR count). The molecule has 3 atom stereocenters. The highest BCUT2D eigenvalue weighted by Gasteiger charge is 2.34. The fraction of sp³-hybridized carbons (Fsp3) is 0.333. The first-order valence-corrected chi connectivity index (χ1v) is 13.8. The fourth-order valence-electron chi connectivity index (χ4n) is 5.68. The van der Waals surface area contributed by atoms with Crippen LogP contribution in [0.3, 0.4) is 0 Å². The van der Waals surface area contributed by atoms with Crippen LogP contribution in [0.25, 0.3) is 22.0 Å². The lowest BCUT2D eigenvalue weighted by atomic mass is 9.96. The normalized spacial score (nSPS) is 18.5. The summed E-state index contributed by atoms with van der Waals surface area (Å²) in [5, 5.41) is 11.2. The minimum absolute atomic E-state index is 0.0818. The van der Waals surface area contributed by atoms with E-state index in [1.54, 1.807) is 16.8 Å². The summed E-state index contributed by atoms with van der Waals surface area (Å²) in [7, 11) is 3.71. The molecule has 7 nitrogen and oxygen atoms in total. The fourth-order valence-corrected chi connectivity index (χ4v) is 5.68. The zero-order valence-electron chi connectivity index (χ0n) is 23.6. The Morgan fingerprint density at radius 2 is 1.73 bits per heavy atom. The van der Waals surface area contributed by atoms with Crippen LogP contribution in [0, 0.1) is 5.92 Å². The van der Waals surface area contributed by atoms with Gasteiger partial charge in [-0.05, 0) is 36.2 Å². The van der Waals surface area contributed by atoms with E-state index in [2.05, 4.69) is 0 Å². The molecule has 40 heavy (non-hydrogen) atoms. The number of aliphatic hydroxyl groups excluding tert-OH is 1. The minimum atomic E-state index is -0.402. The third kappa shape index (κ3) is 5.15. The van der Waals surface area contributed by atoms with Gasteiger partial charge in [0.25, 0.3) is 11.8 Å². The first kappa shape index (κ1) is 27.6. The van der Waals surface area contributed by atoms with Crippen LogP contribution in [0.4, 0.5) is 0 Å². The maximum absolute atomic E-state index is 14.4. The maximum Gasteiger partial charge on any atom is 0.271 e. The van der Waals surface area contributed by atoms with Gasteiger partial charge in [-0.2, -0.15) is 0 Å². The van der Waals surface area contributed by atoms with Crippen molar-refractivity contribution in [1.29, 1.82) is 0 Å². The Morgan fingerprint density at radius 3 is 2.48 bits per heavy atom. The molecule has 0 saturated carbocycles. The molecule has 2 heterocycles. The Kier molecular flexibility index (Phi) is 8.05. The molecule has 4 aromatic rings. The van der Waals surface area contributed by atoms with Crippen LogP contribution in [0.15, 0.2) is 78.9 Å². The van der Waals surface area contributed by atoms with Crippen LogP contribution < -0.4 is 0 Å². The molecular formula is C33H37N3O4. The number of nitrogens with zero attached hydrogens (tertiary/aromatic N) is 3. The van der Waals surface area contributed by atoms with Gasteiger partial charge in [-0.15, -0.1) is 0 Å². The van der Waals surface area contributed by atoms with Crippen LogP contribution in [0.2, 0.25) is 0 Å². The summed E-state index contributed by atoms with van der Waals surface area (Å²) in [6.07, 6.45) is -0.343. The summed E-state index contributed by atoms with van der Waals surface area (Å²) < 4.78 is 8.57. The first-order chi connectivity index (χ1) is 19.3. The smallest absolute Gasteiger partial charge is 0.271 e. The monoisotopic (exact) mass is 539 g/mol.